The molecule has 2 aliphatic rings. The van der Waals surface area contributed by atoms with Gasteiger partial charge in [-0.25, -0.2) is 14.7 Å². The number of para-hydroxylation sites is 3. The van der Waals surface area contributed by atoms with E-state index in [1.807, 2.05) is 96.5 Å². The summed E-state index contributed by atoms with van der Waals surface area (Å²) in [6.45, 7) is 4.64. The first-order chi connectivity index (χ1) is 20.6. The number of fused-ring (bicyclic) bond motifs is 4. The van der Waals surface area contributed by atoms with E-state index >= 15 is 0 Å². The molecule has 3 heterocycles. The maximum atomic E-state index is 5.66. The molecule has 8 heteroatoms. The molecular formula is C34H30N6O2. The maximum Gasteiger partial charge on any atom is 0.179 e. The molecule has 0 aliphatic carbocycles. The summed E-state index contributed by atoms with van der Waals surface area (Å²) >= 11 is 0. The van der Waals surface area contributed by atoms with Crippen LogP contribution in [-0.2, 0) is 0 Å². The van der Waals surface area contributed by atoms with Crippen LogP contribution in [0.3, 0.4) is 0 Å². The normalized spacial score (nSPS) is 15.1. The van der Waals surface area contributed by atoms with Gasteiger partial charge in [0.2, 0.25) is 0 Å². The van der Waals surface area contributed by atoms with Crippen molar-refractivity contribution in [2.75, 3.05) is 23.9 Å². The number of aliphatic imine (C=N–C) groups is 2. The predicted molar refractivity (Wildman–Crippen MR) is 167 cm³/mol. The Morgan fingerprint density at radius 1 is 0.833 bits per heavy atom. The van der Waals surface area contributed by atoms with E-state index in [-0.39, 0.29) is 6.04 Å². The van der Waals surface area contributed by atoms with Crippen LogP contribution in [0.1, 0.15) is 29.8 Å². The molecule has 0 amide bonds. The summed E-state index contributed by atoms with van der Waals surface area (Å²) in [6, 6.07) is 34.2. The van der Waals surface area contributed by atoms with E-state index in [0.717, 1.165) is 56.9 Å². The third kappa shape index (κ3) is 4.37. The lowest BCUT2D eigenvalue weighted by atomic mass is 9.93. The second-order valence-electron chi connectivity index (χ2n) is 10.1. The molecule has 0 fully saturated rings. The quantitative estimate of drug-likeness (QED) is 0.237. The zero-order valence-corrected chi connectivity index (χ0v) is 23.7. The molecule has 8 nitrogen and oxygen atoms in total. The summed E-state index contributed by atoms with van der Waals surface area (Å²) in [5, 5.41) is 8.56. The highest BCUT2D eigenvalue weighted by atomic mass is 16.5. The zero-order chi connectivity index (χ0) is 28.6. The topological polar surface area (TPSA) is 76.3 Å². The smallest absolute Gasteiger partial charge is 0.179 e. The summed E-state index contributed by atoms with van der Waals surface area (Å²) in [6.07, 6.45) is 0. The van der Waals surface area contributed by atoms with Gasteiger partial charge in [0.1, 0.15) is 11.5 Å². The van der Waals surface area contributed by atoms with E-state index in [2.05, 4.69) is 35.3 Å². The Hall–Kier alpha value is -5.37. The van der Waals surface area contributed by atoms with Crippen LogP contribution in [0.4, 0.5) is 22.9 Å². The van der Waals surface area contributed by atoms with Gasteiger partial charge in [-0.1, -0.05) is 42.5 Å². The average Bonchev–Trinajstić information content (AvgIpc) is 3.37. The second-order valence-corrected chi connectivity index (χ2v) is 10.1. The van der Waals surface area contributed by atoms with Crippen molar-refractivity contribution in [3.05, 3.63) is 120 Å². The minimum Gasteiger partial charge on any atom is -0.497 e. The SMILES string of the molecule is CCOc1ccc(NC2=Nc3ccccc3N3C2=Nc2c(c(C)nn2-c2ccccc2)[C@@H]3c2cccc(OC)c2)cc1. The number of rotatable bonds is 6. The molecular weight excluding hydrogens is 524 g/mol. The van der Waals surface area contributed by atoms with Crippen LogP contribution in [0.25, 0.3) is 5.69 Å². The van der Waals surface area contributed by atoms with Crippen molar-refractivity contribution in [2.45, 2.75) is 19.9 Å². The molecule has 208 valence electrons. The van der Waals surface area contributed by atoms with E-state index in [4.69, 9.17) is 24.6 Å². The highest BCUT2D eigenvalue weighted by Gasteiger charge is 2.41. The Labute approximate surface area is 244 Å². The number of anilines is 2. The van der Waals surface area contributed by atoms with Gasteiger partial charge in [-0.05, 0) is 80.1 Å². The van der Waals surface area contributed by atoms with E-state index in [0.29, 0.717) is 18.3 Å². The lowest BCUT2D eigenvalue weighted by molar-refractivity contribution is 0.340. The summed E-state index contributed by atoms with van der Waals surface area (Å²) in [4.78, 5) is 12.6. The van der Waals surface area contributed by atoms with Crippen molar-refractivity contribution in [2.24, 2.45) is 9.98 Å². The number of hydrogen-bond donors (Lipinski definition) is 1. The Morgan fingerprint density at radius 3 is 2.40 bits per heavy atom. The molecule has 4 aromatic carbocycles. The van der Waals surface area contributed by atoms with Crippen LogP contribution in [0.2, 0.25) is 0 Å². The number of benzene rings is 4. The first-order valence-corrected chi connectivity index (χ1v) is 14.0. The molecule has 5 aromatic rings. The molecule has 0 saturated heterocycles. The van der Waals surface area contributed by atoms with Crippen molar-refractivity contribution in [1.29, 1.82) is 0 Å². The van der Waals surface area contributed by atoms with Gasteiger partial charge >= 0.3 is 0 Å². The predicted octanol–water partition coefficient (Wildman–Crippen LogP) is 7.38. The van der Waals surface area contributed by atoms with Gasteiger partial charge in [0, 0.05) is 11.3 Å². The molecule has 1 aromatic heterocycles. The molecule has 42 heavy (non-hydrogen) atoms. The Kier molecular flexibility index (Phi) is 6.43. The van der Waals surface area contributed by atoms with Crippen LogP contribution in [0.15, 0.2) is 113 Å². The van der Waals surface area contributed by atoms with E-state index < -0.39 is 0 Å². The number of methoxy groups -OCH3 is 1. The fourth-order valence-corrected chi connectivity index (χ4v) is 5.61. The average molecular weight is 555 g/mol. The van der Waals surface area contributed by atoms with Crippen molar-refractivity contribution in [3.63, 3.8) is 0 Å². The van der Waals surface area contributed by atoms with Crippen molar-refractivity contribution >= 4 is 34.6 Å². The monoisotopic (exact) mass is 554 g/mol. The highest BCUT2D eigenvalue weighted by molar-refractivity contribution is 6.51. The molecule has 7 rings (SSSR count). The standard InChI is InChI=1S/C34H30N6O2/c1-4-42-26-19-17-24(18-20-26)35-32-34-37-33-30(22(2)38-40(33)25-12-6-5-7-13-25)31(23-11-10-14-27(21-23)41-3)39(34)29-16-9-8-15-28(29)36-32/h5-21,31H,4H2,1-3H3,(H,35,36)/t31-/m0/s1. The van der Waals surface area contributed by atoms with Gasteiger partial charge in [0.15, 0.2) is 17.5 Å². The second kappa shape index (κ2) is 10.6. The molecule has 2 aliphatic heterocycles. The molecule has 0 saturated carbocycles. The largest absolute Gasteiger partial charge is 0.497 e. The molecule has 1 N–H and O–H groups in total. The molecule has 0 unspecified atom stereocenters. The number of aromatic nitrogens is 2. The number of hydrogen-bond acceptors (Lipinski definition) is 7. The maximum absolute atomic E-state index is 5.66. The molecule has 0 spiro atoms. The highest BCUT2D eigenvalue weighted by Crippen LogP contribution is 2.48. The third-order valence-corrected chi connectivity index (χ3v) is 7.48. The lowest BCUT2D eigenvalue weighted by Crippen LogP contribution is -2.46. The minimum atomic E-state index is -0.228. The minimum absolute atomic E-state index is 0.228. The van der Waals surface area contributed by atoms with Gasteiger partial charge in [0.25, 0.3) is 0 Å². The van der Waals surface area contributed by atoms with Crippen LogP contribution in [0.5, 0.6) is 11.5 Å². The summed E-state index contributed by atoms with van der Waals surface area (Å²) in [5.41, 5.74) is 6.66. The van der Waals surface area contributed by atoms with E-state index in [1.165, 1.54) is 0 Å². The Balaban J connectivity index is 1.45. The first-order valence-electron chi connectivity index (χ1n) is 14.0. The number of amidine groups is 2. The van der Waals surface area contributed by atoms with Crippen LogP contribution < -0.4 is 19.7 Å². The Morgan fingerprint density at radius 2 is 1.62 bits per heavy atom. The Bertz CT molecular complexity index is 1830. The van der Waals surface area contributed by atoms with Crippen molar-refractivity contribution < 1.29 is 9.47 Å². The van der Waals surface area contributed by atoms with Crippen LogP contribution in [-0.4, -0.2) is 35.2 Å². The van der Waals surface area contributed by atoms with Gasteiger partial charge in [-0.2, -0.15) is 5.10 Å². The number of nitrogens with zero attached hydrogens (tertiary/aromatic N) is 5. The lowest BCUT2D eigenvalue weighted by Gasteiger charge is -2.40. The first kappa shape index (κ1) is 25.6. The van der Waals surface area contributed by atoms with Gasteiger partial charge < -0.3 is 19.7 Å². The van der Waals surface area contributed by atoms with Crippen LogP contribution >= 0.6 is 0 Å². The van der Waals surface area contributed by atoms with Crippen LogP contribution in [0, 0.1) is 6.92 Å². The van der Waals surface area contributed by atoms with Gasteiger partial charge in [-0.3, -0.25) is 0 Å². The molecule has 1 atom stereocenters. The summed E-state index contributed by atoms with van der Waals surface area (Å²) in [5.74, 6) is 3.74. The summed E-state index contributed by atoms with van der Waals surface area (Å²) < 4.78 is 13.2. The van der Waals surface area contributed by atoms with E-state index in [9.17, 15) is 0 Å². The van der Waals surface area contributed by atoms with Crippen molar-refractivity contribution in [3.8, 4) is 17.2 Å². The molecule has 0 radical (unpaired) electrons. The van der Waals surface area contributed by atoms with E-state index in [1.54, 1.807) is 7.11 Å². The third-order valence-electron chi connectivity index (χ3n) is 7.48. The number of nitrogens with one attached hydrogen (secondary N) is 1. The fourth-order valence-electron chi connectivity index (χ4n) is 5.61. The number of aryl methyl sites for hydroxylation is 1. The van der Waals surface area contributed by atoms with Crippen molar-refractivity contribution in [1.82, 2.24) is 9.78 Å². The van der Waals surface area contributed by atoms with Gasteiger partial charge in [0.05, 0.1) is 42.5 Å². The zero-order valence-electron chi connectivity index (χ0n) is 23.7. The summed E-state index contributed by atoms with van der Waals surface area (Å²) in [7, 11) is 1.69. The van der Waals surface area contributed by atoms with Gasteiger partial charge in [-0.15, -0.1) is 0 Å². The number of ether oxygens (including phenoxy) is 2. The fraction of sp³-hybridized carbons (Fsp3) is 0.147. The molecule has 0 bridgehead atoms.